The van der Waals surface area contributed by atoms with E-state index in [-0.39, 0.29) is 12.3 Å². The molecule has 4 heteroatoms. The molecule has 1 heterocycles. The Hall–Kier alpha value is -1.34. The zero-order valence-electron chi connectivity index (χ0n) is 8.28. The predicted octanol–water partition coefficient (Wildman–Crippen LogP) is 2.32. The van der Waals surface area contributed by atoms with Crippen LogP contribution in [0.15, 0.2) is 11.4 Å². The number of amides is 1. The Balaban J connectivity index is 2.67. The molecule has 74 valence electrons. The van der Waals surface area contributed by atoms with Crippen LogP contribution in [0.25, 0.3) is 0 Å². The van der Waals surface area contributed by atoms with Crippen molar-refractivity contribution in [2.45, 2.75) is 19.8 Å². The molecule has 0 aliphatic heterocycles. The zero-order chi connectivity index (χ0) is 10.6. The lowest BCUT2D eigenvalue weighted by atomic mass is 10.3. The number of hydrogen-bond donors (Lipinski definition) is 0. The third kappa shape index (κ3) is 2.33. The van der Waals surface area contributed by atoms with Crippen LogP contribution in [0.3, 0.4) is 0 Å². The van der Waals surface area contributed by atoms with Gasteiger partial charge in [-0.15, -0.1) is 11.3 Å². The number of anilines is 1. The first-order valence-electron chi connectivity index (χ1n) is 4.34. The summed E-state index contributed by atoms with van der Waals surface area (Å²) in [5, 5.41) is 11.3. The van der Waals surface area contributed by atoms with Crippen LogP contribution in [-0.2, 0) is 4.79 Å². The van der Waals surface area contributed by atoms with E-state index >= 15 is 0 Å². The van der Waals surface area contributed by atoms with Gasteiger partial charge in [-0.1, -0.05) is 0 Å². The van der Waals surface area contributed by atoms with Crippen LogP contribution in [0.5, 0.6) is 0 Å². The Kier molecular flexibility index (Phi) is 3.66. The van der Waals surface area contributed by atoms with Gasteiger partial charge < -0.3 is 4.90 Å². The Morgan fingerprint density at radius 3 is 2.93 bits per heavy atom. The van der Waals surface area contributed by atoms with Crippen molar-refractivity contribution in [1.82, 2.24) is 0 Å². The van der Waals surface area contributed by atoms with Gasteiger partial charge in [-0.2, -0.15) is 5.26 Å². The molecule has 0 N–H and O–H groups in total. The molecule has 0 saturated heterocycles. The molecule has 1 amide bonds. The lowest BCUT2D eigenvalue weighted by molar-refractivity contribution is -0.118. The van der Waals surface area contributed by atoms with E-state index in [0.717, 1.165) is 10.6 Å². The van der Waals surface area contributed by atoms with Gasteiger partial charge in [0.2, 0.25) is 5.91 Å². The number of carbonyl (C=O) groups is 1. The predicted molar refractivity (Wildman–Crippen MR) is 57.3 cm³/mol. The quantitative estimate of drug-likeness (QED) is 0.765. The first kappa shape index (κ1) is 10.7. The summed E-state index contributed by atoms with van der Waals surface area (Å²) in [6, 6.07) is 3.95. The van der Waals surface area contributed by atoms with Crippen molar-refractivity contribution in [3.63, 3.8) is 0 Å². The summed E-state index contributed by atoms with van der Waals surface area (Å²) >= 11 is 1.54. The molecule has 0 aliphatic rings. The van der Waals surface area contributed by atoms with E-state index in [0.29, 0.717) is 6.42 Å². The molecular formula is C10H12N2OS. The molecule has 14 heavy (non-hydrogen) atoms. The maximum atomic E-state index is 11.5. The maximum absolute atomic E-state index is 11.5. The van der Waals surface area contributed by atoms with Gasteiger partial charge in [0, 0.05) is 19.9 Å². The van der Waals surface area contributed by atoms with Gasteiger partial charge >= 0.3 is 0 Å². The normalized spacial score (nSPS) is 9.50. The highest BCUT2D eigenvalue weighted by Crippen LogP contribution is 2.26. The Labute approximate surface area is 87.6 Å². The SMILES string of the molecule is Cc1ccsc1N(C)C(=O)CCC#N. The van der Waals surface area contributed by atoms with Gasteiger partial charge in [0.1, 0.15) is 5.00 Å². The van der Waals surface area contributed by atoms with Crippen LogP contribution >= 0.6 is 11.3 Å². The minimum Gasteiger partial charge on any atom is -0.307 e. The molecular weight excluding hydrogens is 196 g/mol. The Bertz CT molecular complexity index is 364. The van der Waals surface area contributed by atoms with Gasteiger partial charge in [0.25, 0.3) is 0 Å². The Morgan fingerprint density at radius 1 is 1.71 bits per heavy atom. The largest absolute Gasteiger partial charge is 0.307 e. The Morgan fingerprint density at radius 2 is 2.43 bits per heavy atom. The van der Waals surface area contributed by atoms with E-state index in [4.69, 9.17) is 5.26 Å². The second-order valence-electron chi connectivity index (χ2n) is 3.02. The summed E-state index contributed by atoms with van der Waals surface area (Å²) in [4.78, 5) is 13.2. The van der Waals surface area contributed by atoms with E-state index in [1.165, 1.54) is 0 Å². The molecule has 1 rings (SSSR count). The molecule has 0 saturated carbocycles. The summed E-state index contributed by atoms with van der Waals surface area (Å²) in [7, 11) is 1.75. The van der Waals surface area contributed by atoms with Crippen molar-refractivity contribution >= 4 is 22.2 Å². The van der Waals surface area contributed by atoms with E-state index in [1.54, 1.807) is 23.3 Å². The van der Waals surface area contributed by atoms with Crippen LogP contribution in [-0.4, -0.2) is 13.0 Å². The van der Waals surface area contributed by atoms with Crippen molar-refractivity contribution < 1.29 is 4.79 Å². The van der Waals surface area contributed by atoms with Crippen molar-refractivity contribution in [2.24, 2.45) is 0 Å². The third-order valence-corrected chi connectivity index (χ3v) is 3.06. The van der Waals surface area contributed by atoms with E-state index in [1.807, 2.05) is 24.4 Å². The van der Waals surface area contributed by atoms with Crippen LogP contribution in [0.1, 0.15) is 18.4 Å². The van der Waals surface area contributed by atoms with Crippen molar-refractivity contribution in [3.8, 4) is 6.07 Å². The number of rotatable bonds is 3. The molecule has 0 atom stereocenters. The minimum absolute atomic E-state index is 0.00269. The lowest BCUT2D eigenvalue weighted by Gasteiger charge is -2.15. The lowest BCUT2D eigenvalue weighted by Crippen LogP contribution is -2.25. The summed E-state index contributed by atoms with van der Waals surface area (Å²) in [6.07, 6.45) is 0.581. The number of carbonyl (C=O) groups excluding carboxylic acids is 1. The number of aryl methyl sites for hydroxylation is 1. The van der Waals surface area contributed by atoms with Gasteiger partial charge in [-0.3, -0.25) is 4.79 Å². The highest BCUT2D eigenvalue weighted by molar-refractivity contribution is 7.14. The first-order chi connectivity index (χ1) is 6.66. The summed E-state index contributed by atoms with van der Waals surface area (Å²) < 4.78 is 0. The molecule has 0 fully saturated rings. The highest BCUT2D eigenvalue weighted by Gasteiger charge is 2.13. The molecule has 0 spiro atoms. The van der Waals surface area contributed by atoms with Crippen molar-refractivity contribution in [1.29, 1.82) is 5.26 Å². The van der Waals surface area contributed by atoms with E-state index < -0.39 is 0 Å². The first-order valence-corrected chi connectivity index (χ1v) is 5.22. The standard InChI is InChI=1S/C10H12N2OS/c1-8-5-7-14-10(8)12(2)9(13)4-3-6-11/h5,7H,3-4H2,1-2H3. The van der Waals surface area contributed by atoms with Gasteiger partial charge in [0.05, 0.1) is 6.07 Å². The smallest absolute Gasteiger partial charge is 0.228 e. The van der Waals surface area contributed by atoms with Crippen LogP contribution in [0, 0.1) is 18.3 Å². The summed E-state index contributed by atoms with van der Waals surface area (Å²) in [5.74, 6) is -0.00269. The second kappa shape index (κ2) is 4.77. The van der Waals surface area contributed by atoms with Gasteiger partial charge in [0.15, 0.2) is 0 Å². The molecule has 1 aromatic heterocycles. The number of nitriles is 1. The molecule has 3 nitrogen and oxygen atoms in total. The third-order valence-electron chi connectivity index (χ3n) is 1.96. The molecule has 0 aromatic carbocycles. The average Bonchev–Trinajstić information content (AvgIpc) is 2.59. The molecule has 0 unspecified atom stereocenters. The van der Waals surface area contributed by atoms with Crippen LogP contribution < -0.4 is 4.90 Å². The van der Waals surface area contributed by atoms with E-state index in [2.05, 4.69) is 0 Å². The molecule has 0 radical (unpaired) electrons. The zero-order valence-corrected chi connectivity index (χ0v) is 9.10. The van der Waals surface area contributed by atoms with Gasteiger partial charge in [-0.25, -0.2) is 0 Å². The average molecular weight is 208 g/mol. The summed E-state index contributed by atoms with van der Waals surface area (Å²) in [5.41, 5.74) is 1.10. The number of nitrogens with zero attached hydrogens (tertiary/aromatic N) is 2. The number of thiophene rings is 1. The maximum Gasteiger partial charge on any atom is 0.228 e. The van der Waals surface area contributed by atoms with Crippen molar-refractivity contribution in [2.75, 3.05) is 11.9 Å². The minimum atomic E-state index is -0.00269. The van der Waals surface area contributed by atoms with E-state index in [9.17, 15) is 4.79 Å². The fourth-order valence-electron chi connectivity index (χ4n) is 1.15. The fourth-order valence-corrected chi connectivity index (χ4v) is 2.07. The van der Waals surface area contributed by atoms with Crippen LogP contribution in [0.2, 0.25) is 0 Å². The van der Waals surface area contributed by atoms with Crippen LogP contribution in [0.4, 0.5) is 5.00 Å². The highest BCUT2D eigenvalue weighted by atomic mass is 32.1. The fraction of sp³-hybridized carbons (Fsp3) is 0.400. The monoisotopic (exact) mass is 208 g/mol. The molecule has 1 aromatic rings. The topological polar surface area (TPSA) is 44.1 Å². The second-order valence-corrected chi connectivity index (χ2v) is 3.91. The molecule has 0 bridgehead atoms. The summed E-state index contributed by atoms with van der Waals surface area (Å²) in [6.45, 7) is 1.97. The molecule has 0 aliphatic carbocycles. The number of hydrogen-bond acceptors (Lipinski definition) is 3. The van der Waals surface area contributed by atoms with Crippen molar-refractivity contribution in [3.05, 3.63) is 17.0 Å². The van der Waals surface area contributed by atoms with Gasteiger partial charge in [-0.05, 0) is 23.9 Å².